The Morgan fingerprint density at radius 2 is 2.27 bits per heavy atom. The third-order valence-corrected chi connectivity index (χ3v) is 1.26. The van der Waals surface area contributed by atoms with E-state index >= 15 is 0 Å². The van der Waals surface area contributed by atoms with Crippen LogP contribution in [0.2, 0.25) is 0 Å². The van der Waals surface area contributed by atoms with Gasteiger partial charge in [-0.25, -0.2) is 4.68 Å². The fourth-order valence-corrected chi connectivity index (χ4v) is 0.684. The summed E-state index contributed by atoms with van der Waals surface area (Å²) in [6.07, 6.45) is 0.335. The molecule has 0 aromatic carbocycles. The van der Waals surface area contributed by atoms with Crippen molar-refractivity contribution in [3.63, 3.8) is 0 Å². The Bertz CT molecular complexity index is 212. The molecule has 1 rings (SSSR count). The van der Waals surface area contributed by atoms with Crippen molar-refractivity contribution in [2.45, 2.75) is 19.6 Å². The van der Waals surface area contributed by atoms with Crippen LogP contribution in [0.25, 0.3) is 0 Å². The van der Waals surface area contributed by atoms with Crippen LogP contribution in [0.1, 0.15) is 25.3 Å². The molecule has 11 heavy (non-hydrogen) atoms. The Labute approximate surface area is 62.3 Å². The molecular weight excluding hydrogens is 154 g/mol. The lowest BCUT2D eigenvalue weighted by atomic mass is 10.3. The first kappa shape index (κ1) is 8.13. The van der Waals surface area contributed by atoms with Crippen molar-refractivity contribution in [1.29, 1.82) is 0 Å². The normalized spacial score (nSPS) is 13.9. The van der Waals surface area contributed by atoms with Gasteiger partial charge in [0.15, 0.2) is 0 Å². The fourth-order valence-electron chi connectivity index (χ4n) is 0.684. The van der Waals surface area contributed by atoms with E-state index in [4.69, 9.17) is 5.11 Å². The summed E-state index contributed by atoms with van der Waals surface area (Å²) < 4.78 is 24.2. The maximum absolute atomic E-state index is 11.9. The van der Waals surface area contributed by atoms with Gasteiger partial charge >= 0.3 is 6.55 Å². The summed E-state index contributed by atoms with van der Waals surface area (Å²) >= 11 is 0. The minimum absolute atomic E-state index is 0.255. The number of nitrogens with zero attached hydrogens (tertiary/aromatic N) is 2. The van der Waals surface area contributed by atoms with Crippen LogP contribution in [0.5, 0.6) is 0 Å². The first-order valence-electron chi connectivity index (χ1n) is 3.12. The van der Waals surface area contributed by atoms with E-state index in [1.54, 1.807) is 0 Å². The summed E-state index contributed by atoms with van der Waals surface area (Å²) in [4.78, 5) is 0. The quantitative estimate of drug-likeness (QED) is 0.712. The first-order valence-corrected chi connectivity index (χ1v) is 3.12. The second kappa shape index (κ2) is 2.96. The summed E-state index contributed by atoms with van der Waals surface area (Å²) in [7, 11) is 0. The van der Waals surface area contributed by atoms with Crippen molar-refractivity contribution in [2.75, 3.05) is 0 Å². The number of alkyl halides is 2. The molecule has 0 aliphatic rings. The van der Waals surface area contributed by atoms with Crippen LogP contribution in [-0.2, 0) is 0 Å². The predicted octanol–water partition coefficient (Wildman–Crippen LogP) is 1.33. The Hall–Kier alpha value is -0.970. The average Bonchev–Trinajstić information content (AvgIpc) is 2.33. The standard InChI is InChI=1S/C6H8F2N2O/c1-4(11)5-2-3-10(9-5)6(7)8/h2-4,6,11H,1H3. The largest absolute Gasteiger partial charge is 0.387 e. The number of aliphatic hydroxyl groups is 1. The summed E-state index contributed by atoms with van der Waals surface area (Å²) in [6.45, 7) is -1.17. The van der Waals surface area contributed by atoms with Gasteiger partial charge in [0.2, 0.25) is 0 Å². The van der Waals surface area contributed by atoms with E-state index in [1.165, 1.54) is 13.0 Å². The molecule has 1 heterocycles. The van der Waals surface area contributed by atoms with Gasteiger partial charge in [0.25, 0.3) is 0 Å². The van der Waals surface area contributed by atoms with Gasteiger partial charge in [-0.1, -0.05) is 0 Å². The van der Waals surface area contributed by atoms with Gasteiger partial charge < -0.3 is 5.11 Å². The van der Waals surface area contributed by atoms with Gasteiger partial charge in [-0.05, 0) is 13.0 Å². The lowest BCUT2D eigenvalue weighted by Gasteiger charge is -1.98. The molecule has 1 aromatic heterocycles. The van der Waals surface area contributed by atoms with Crippen molar-refractivity contribution >= 4 is 0 Å². The molecule has 1 unspecified atom stereocenters. The van der Waals surface area contributed by atoms with Gasteiger partial charge in [-0.15, -0.1) is 0 Å². The maximum Gasteiger partial charge on any atom is 0.333 e. The zero-order valence-electron chi connectivity index (χ0n) is 5.91. The number of hydrogen-bond donors (Lipinski definition) is 1. The second-order valence-corrected chi connectivity index (χ2v) is 2.17. The second-order valence-electron chi connectivity index (χ2n) is 2.17. The van der Waals surface area contributed by atoms with Crippen molar-refractivity contribution < 1.29 is 13.9 Å². The van der Waals surface area contributed by atoms with E-state index in [2.05, 4.69) is 5.10 Å². The van der Waals surface area contributed by atoms with Crippen molar-refractivity contribution in [1.82, 2.24) is 9.78 Å². The average molecular weight is 162 g/mol. The molecule has 0 bridgehead atoms. The van der Waals surface area contributed by atoms with Crippen LogP contribution >= 0.6 is 0 Å². The van der Waals surface area contributed by atoms with E-state index in [0.717, 1.165) is 6.20 Å². The molecule has 3 nitrogen and oxygen atoms in total. The summed E-state index contributed by atoms with van der Waals surface area (Å²) in [6, 6.07) is 1.36. The smallest absolute Gasteiger partial charge is 0.333 e. The first-order chi connectivity index (χ1) is 5.11. The molecule has 0 radical (unpaired) electrons. The Morgan fingerprint density at radius 1 is 1.64 bits per heavy atom. The van der Waals surface area contributed by atoms with E-state index < -0.39 is 12.7 Å². The Morgan fingerprint density at radius 3 is 2.55 bits per heavy atom. The number of aliphatic hydroxyl groups excluding tert-OH is 1. The monoisotopic (exact) mass is 162 g/mol. The van der Waals surface area contributed by atoms with Crippen LogP contribution in [-0.4, -0.2) is 14.9 Å². The van der Waals surface area contributed by atoms with Crippen LogP contribution in [0.15, 0.2) is 12.3 Å². The van der Waals surface area contributed by atoms with Gasteiger partial charge in [-0.3, -0.25) is 0 Å². The molecule has 0 aliphatic heterocycles. The molecule has 0 amide bonds. The van der Waals surface area contributed by atoms with Gasteiger partial charge in [-0.2, -0.15) is 13.9 Å². The highest BCUT2D eigenvalue weighted by molar-refractivity contribution is 5.01. The molecule has 1 atom stereocenters. The Balaban J connectivity index is 2.82. The zero-order chi connectivity index (χ0) is 8.43. The maximum atomic E-state index is 11.9. The van der Waals surface area contributed by atoms with Gasteiger partial charge in [0.05, 0.1) is 11.8 Å². The molecule has 0 saturated carbocycles. The SMILES string of the molecule is CC(O)c1ccn(C(F)F)n1. The lowest BCUT2D eigenvalue weighted by molar-refractivity contribution is 0.0549. The highest BCUT2D eigenvalue weighted by Crippen LogP contribution is 2.12. The van der Waals surface area contributed by atoms with Gasteiger partial charge in [0, 0.05) is 6.20 Å². The van der Waals surface area contributed by atoms with Crippen molar-refractivity contribution in [3.8, 4) is 0 Å². The van der Waals surface area contributed by atoms with E-state index in [0.29, 0.717) is 4.68 Å². The molecule has 0 fully saturated rings. The molecule has 0 aliphatic carbocycles. The molecule has 0 spiro atoms. The number of hydrogen-bond acceptors (Lipinski definition) is 2. The molecule has 0 saturated heterocycles. The van der Waals surface area contributed by atoms with Crippen molar-refractivity contribution in [2.24, 2.45) is 0 Å². The molecule has 62 valence electrons. The number of aromatic nitrogens is 2. The molecule has 5 heteroatoms. The lowest BCUT2D eigenvalue weighted by Crippen LogP contribution is -2.00. The fraction of sp³-hybridized carbons (Fsp3) is 0.500. The van der Waals surface area contributed by atoms with Gasteiger partial charge in [0.1, 0.15) is 0 Å². The zero-order valence-corrected chi connectivity index (χ0v) is 5.91. The molecule has 1 aromatic rings. The van der Waals surface area contributed by atoms with E-state index in [1.807, 2.05) is 0 Å². The third-order valence-electron chi connectivity index (χ3n) is 1.26. The third kappa shape index (κ3) is 1.74. The van der Waals surface area contributed by atoms with E-state index in [-0.39, 0.29) is 5.69 Å². The predicted molar refractivity (Wildman–Crippen MR) is 34.1 cm³/mol. The molecular formula is C6H8F2N2O. The summed E-state index contributed by atoms with van der Waals surface area (Å²) in [5, 5.41) is 12.3. The highest BCUT2D eigenvalue weighted by Gasteiger charge is 2.09. The Kier molecular flexibility index (Phi) is 2.19. The highest BCUT2D eigenvalue weighted by atomic mass is 19.3. The van der Waals surface area contributed by atoms with E-state index in [9.17, 15) is 8.78 Å². The van der Waals surface area contributed by atoms with Crippen LogP contribution in [0, 0.1) is 0 Å². The number of rotatable bonds is 2. The summed E-state index contributed by atoms with van der Waals surface area (Å²) in [5.74, 6) is 0. The van der Waals surface area contributed by atoms with Crippen LogP contribution < -0.4 is 0 Å². The van der Waals surface area contributed by atoms with Crippen molar-refractivity contribution in [3.05, 3.63) is 18.0 Å². The summed E-state index contributed by atoms with van der Waals surface area (Å²) in [5.41, 5.74) is 0.255. The number of halogens is 2. The van der Waals surface area contributed by atoms with Crippen LogP contribution in [0.4, 0.5) is 8.78 Å². The minimum atomic E-state index is -2.64. The van der Waals surface area contributed by atoms with Crippen LogP contribution in [0.3, 0.4) is 0 Å². The topological polar surface area (TPSA) is 38.0 Å². The molecule has 1 N–H and O–H groups in total. The minimum Gasteiger partial charge on any atom is -0.387 e.